The highest BCUT2D eigenvalue weighted by Crippen LogP contribution is 2.53. The summed E-state index contributed by atoms with van der Waals surface area (Å²) in [6, 6.07) is 12.5. The van der Waals surface area contributed by atoms with Gasteiger partial charge in [-0.2, -0.15) is 0 Å². The van der Waals surface area contributed by atoms with Crippen LogP contribution in [0.1, 0.15) is 43.1 Å². The molecule has 1 aromatic carbocycles. The second kappa shape index (κ2) is 7.10. The zero-order valence-corrected chi connectivity index (χ0v) is 15.5. The Balaban J connectivity index is 1.34. The Bertz CT molecular complexity index is 821. The van der Waals surface area contributed by atoms with E-state index in [2.05, 4.69) is 15.5 Å². The Kier molecular flexibility index (Phi) is 4.64. The van der Waals surface area contributed by atoms with Gasteiger partial charge in [-0.1, -0.05) is 30.3 Å². The van der Waals surface area contributed by atoms with E-state index in [-0.39, 0.29) is 17.5 Å². The molecule has 1 aromatic heterocycles. The van der Waals surface area contributed by atoms with E-state index in [1.165, 1.54) is 12.8 Å². The Morgan fingerprint density at radius 2 is 1.70 bits per heavy atom. The lowest BCUT2D eigenvalue weighted by Gasteiger charge is -2.33. The van der Waals surface area contributed by atoms with Crippen molar-refractivity contribution in [2.45, 2.75) is 38.6 Å². The van der Waals surface area contributed by atoms with E-state index in [1.54, 1.807) is 19.1 Å². The van der Waals surface area contributed by atoms with Crippen molar-refractivity contribution in [1.29, 1.82) is 0 Å². The van der Waals surface area contributed by atoms with Gasteiger partial charge in [0, 0.05) is 18.7 Å². The fourth-order valence-corrected chi connectivity index (χ4v) is 3.70. The van der Waals surface area contributed by atoms with Gasteiger partial charge in [0.1, 0.15) is 6.04 Å². The zero-order valence-electron chi connectivity index (χ0n) is 15.5. The summed E-state index contributed by atoms with van der Waals surface area (Å²) in [5.41, 5.74) is 2.39. The summed E-state index contributed by atoms with van der Waals surface area (Å²) in [5, 5.41) is 10.9. The number of piperidine rings is 1. The quantitative estimate of drug-likeness (QED) is 0.905. The van der Waals surface area contributed by atoms with E-state index < -0.39 is 6.04 Å². The standard InChI is InChI=1S/C21H24N4O2/c1-15(20(27)25-13-11-21(9-10-21)12-14-25)22-19(26)18-8-7-17(23-24-18)16-5-3-2-4-6-16/h2-8,15H,9-14H2,1H3,(H,22,26)/t15-/m0/s1. The van der Waals surface area contributed by atoms with Gasteiger partial charge in [-0.25, -0.2) is 0 Å². The number of rotatable bonds is 4. The molecular weight excluding hydrogens is 340 g/mol. The van der Waals surface area contributed by atoms with Crippen molar-refractivity contribution in [3.05, 3.63) is 48.2 Å². The van der Waals surface area contributed by atoms with Gasteiger partial charge in [-0.3, -0.25) is 9.59 Å². The van der Waals surface area contributed by atoms with Crippen LogP contribution in [-0.2, 0) is 4.79 Å². The number of likely N-dealkylation sites (tertiary alicyclic amines) is 1. The monoisotopic (exact) mass is 364 g/mol. The first-order valence-corrected chi connectivity index (χ1v) is 9.55. The molecule has 140 valence electrons. The SMILES string of the molecule is C[C@H](NC(=O)c1ccc(-c2ccccc2)nn1)C(=O)N1CCC2(CC1)CC2. The Labute approximate surface area is 159 Å². The summed E-state index contributed by atoms with van der Waals surface area (Å²) in [6.07, 6.45) is 4.79. The highest BCUT2D eigenvalue weighted by Gasteiger charge is 2.45. The molecule has 2 heterocycles. The molecule has 1 atom stereocenters. The molecule has 2 amide bonds. The molecule has 1 aliphatic heterocycles. The molecule has 4 rings (SSSR count). The number of carbonyl (C=O) groups is 2. The van der Waals surface area contributed by atoms with Crippen LogP contribution >= 0.6 is 0 Å². The largest absolute Gasteiger partial charge is 0.341 e. The van der Waals surface area contributed by atoms with Crippen LogP contribution in [0.5, 0.6) is 0 Å². The van der Waals surface area contributed by atoms with Crippen LogP contribution in [-0.4, -0.2) is 46.0 Å². The summed E-state index contributed by atoms with van der Waals surface area (Å²) in [6.45, 7) is 3.32. The Morgan fingerprint density at radius 3 is 2.30 bits per heavy atom. The molecule has 2 aromatic rings. The van der Waals surface area contributed by atoms with Gasteiger partial charge in [0.05, 0.1) is 5.69 Å². The maximum atomic E-state index is 12.6. The summed E-state index contributed by atoms with van der Waals surface area (Å²) < 4.78 is 0. The van der Waals surface area contributed by atoms with Gasteiger partial charge in [-0.05, 0) is 50.2 Å². The third-order valence-electron chi connectivity index (χ3n) is 5.78. The van der Waals surface area contributed by atoms with Crippen molar-refractivity contribution >= 4 is 11.8 Å². The molecule has 0 bridgehead atoms. The molecular formula is C21H24N4O2. The number of carbonyl (C=O) groups excluding carboxylic acids is 2. The Morgan fingerprint density at radius 1 is 1.00 bits per heavy atom. The Hall–Kier alpha value is -2.76. The molecule has 1 saturated carbocycles. The van der Waals surface area contributed by atoms with Crippen LogP contribution in [0, 0.1) is 5.41 Å². The topological polar surface area (TPSA) is 75.2 Å². The predicted molar refractivity (Wildman–Crippen MR) is 102 cm³/mol. The highest BCUT2D eigenvalue weighted by molar-refractivity contribution is 5.96. The average molecular weight is 364 g/mol. The second-order valence-corrected chi connectivity index (χ2v) is 7.69. The number of hydrogen-bond acceptors (Lipinski definition) is 4. The van der Waals surface area contributed by atoms with Crippen LogP contribution < -0.4 is 5.32 Å². The minimum atomic E-state index is -0.568. The van der Waals surface area contributed by atoms with E-state index in [1.807, 2.05) is 35.2 Å². The van der Waals surface area contributed by atoms with Crippen molar-refractivity contribution in [1.82, 2.24) is 20.4 Å². The van der Waals surface area contributed by atoms with Crippen LogP contribution in [0.2, 0.25) is 0 Å². The minimum Gasteiger partial charge on any atom is -0.341 e. The van der Waals surface area contributed by atoms with E-state index in [0.717, 1.165) is 31.5 Å². The maximum Gasteiger partial charge on any atom is 0.272 e. The van der Waals surface area contributed by atoms with Crippen molar-refractivity contribution in [3.63, 3.8) is 0 Å². The van der Waals surface area contributed by atoms with Gasteiger partial charge in [0.25, 0.3) is 5.91 Å². The van der Waals surface area contributed by atoms with Crippen LogP contribution in [0.4, 0.5) is 0 Å². The van der Waals surface area contributed by atoms with Crippen LogP contribution in [0.15, 0.2) is 42.5 Å². The normalized spacial score (nSPS) is 18.8. The lowest BCUT2D eigenvalue weighted by molar-refractivity contribution is -0.134. The molecule has 2 aliphatic rings. The van der Waals surface area contributed by atoms with Gasteiger partial charge in [0.15, 0.2) is 5.69 Å². The van der Waals surface area contributed by atoms with Gasteiger partial charge in [0.2, 0.25) is 5.91 Å². The summed E-state index contributed by atoms with van der Waals surface area (Å²) in [7, 11) is 0. The lowest BCUT2D eigenvalue weighted by atomic mass is 9.93. The van der Waals surface area contributed by atoms with Crippen molar-refractivity contribution in [3.8, 4) is 11.3 Å². The third-order valence-corrected chi connectivity index (χ3v) is 5.78. The average Bonchev–Trinajstić information content (AvgIpc) is 3.47. The summed E-state index contributed by atoms with van der Waals surface area (Å²) >= 11 is 0. The van der Waals surface area contributed by atoms with E-state index in [9.17, 15) is 9.59 Å². The molecule has 1 N–H and O–H groups in total. The maximum absolute atomic E-state index is 12.6. The van der Waals surface area contributed by atoms with Crippen molar-refractivity contribution in [2.24, 2.45) is 5.41 Å². The van der Waals surface area contributed by atoms with Crippen LogP contribution in [0.25, 0.3) is 11.3 Å². The summed E-state index contributed by atoms with van der Waals surface area (Å²) in [5.74, 6) is -0.397. The predicted octanol–water partition coefficient (Wildman–Crippen LogP) is 2.66. The zero-order chi connectivity index (χ0) is 18.9. The molecule has 1 aliphatic carbocycles. The number of nitrogens with zero attached hydrogens (tertiary/aromatic N) is 3. The fourth-order valence-electron chi connectivity index (χ4n) is 3.70. The van der Waals surface area contributed by atoms with E-state index >= 15 is 0 Å². The number of benzene rings is 1. The molecule has 0 radical (unpaired) electrons. The number of aromatic nitrogens is 2. The number of nitrogens with one attached hydrogen (secondary N) is 1. The first kappa shape index (κ1) is 17.6. The molecule has 0 unspecified atom stereocenters. The molecule has 27 heavy (non-hydrogen) atoms. The number of hydrogen-bond donors (Lipinski definition) is 1. The molecule has 1 spiro atoms. The van der Waals surface area contributed by atoms with E-state index in [4.69, 9.17) is 0 Å². The second-order valence-electron chi connectivity index (χ2n) is 7.69. The summed E-state index contributed by atoms with van der Waals surface area (Å²) in [4.78, 5) is 26.9. The van der Waals surface area contributed by atoms with Gasteiger partial charge in [-0.15, -0.1) is 10.2 Å². The first-order valence-electron chi connectivity index (χ1n) is 9.55. The van der Waals surface area contributed by atoms with Crippen LogP contribution in [0.3, 0.4) is 0 Å². The van der Waals surface area contributed by atoms with Gasteiger partial charge >= 0.3 is 0 Å². The molecule has 1 saturated heterocycles. The third kappa shape index (κ3) is 3.84. The van der Waals surface area contributed by atoms with E-state index in [0.29, 0.717) is 11.1 Å². The molecule has 2 fully saturated rings. The molecule has 6 nitrogen and oxygen atoms in total. The number of amides is 2. The first-order chi connectivity index (χ1) is 13.1. The van der Waals surface area contributed by atoms with Crippen molar-refractivity contribution < 1.29 is 9.59 Å². The minimum absolute atomic E-state index is 0.0206. The lowest BCUT2D eigenvalue weighted by Crippen LogP contribution is -2.49. The van der Waals surface area contributed by atoms with Crippen molar-refractivity contribution in [2.75, 3.05) is 13.1 Å². The highest BCUT2D eigenvalue weighted by atomic mass is 16.2. The fraction of sp³-hybridized carbons (Fsp3) is 0.429. The molecule has 6 heteroatoms. The van der Waals surface area contributed by atoms with Gasteiger partial charge < -0.3 is 10.2 Å². The smallest absolute Gasteiger partial charge is 0.272 e.